The molecule has 0 bridgehead atoms. The van der Waals surface area contributed by atoms with Crippen LogP contribution < -0.4 is 5.73 Å². The smallest absolute Gasteiger partial charge is 0.251 e. The van der Waals surface area contributed by atoms with E-state index in [1.165, 1.54) is 0 Å². The van der Waals surface area contributed by atoms with E-state index >= 15 is 0 Å². The SMILES string of the molecule is CN(Cc1nccn1C)C(=O)C1CCC(CN)O1. The number of nitrogens with zero attached hydrogens (tertiary/aromatic N) is 3. The Hall–Kier alpha value is -1.40. The van der Waals surface area contributed by atoms with Crippen molar-refractivity contribution in [2.24, 2.45) is 12.8 Å². The van der Waals surface area contributed by atoms with E-state index < -0.39 is 0 Å². The zero-order valence-corrected chi connectivity index (χ0v) is 10.9. The summed E-state index contributed by atoms with van der Waals surface area (Å²) in [6, 6.07) is 0. The van der Waals surface area contributed by atoms with E-state index in [1.807, 2.05) is 17.8 Å². The van der Waals surface area contributed by atoms with E-state index in [2.05, 4.69) is 4.98 Å². The van der Waals surface area contributed by atoms with Gasteiger partial charge in [0, 0.05) is 33.0 Å². The molecule has 1 amide bonds. The molecular formula is C12H20N4O2. The predicted molar refractivity (Wildman–Crippen MR) is 66.6 cm³/mol. The average molecular weight is 252 g/mol. The number of likely N-dealkylation sites (N-methyl/N-ethyl adjacent to an activating group) is 1. The molecule has 100 valence electrons. The molecule has 1 aromatic rings. The number of hydrogen-bond acceptors (Lipinski definition) is 4. The van der Waals surface area contributed by atoms with Crippen LogP contribution in [0.5, 0.6) is 0 Å². The van der Waals surface area contributed by atoms with Gasteiger partial charge in [0.1, 0.15) is 11.9 Å². The maximum absolute atomic E-state index is 12.2. The number of rotatable bonds is 4. The monoisotopic (exact) mass is 252 g/mol. The lowest BCUT2D eigenvalue weighted by molar-refractivity contribution is -0.142. The first-order valence-electron chi connectivity index (χ1n) is 6.18. The molecule has 6 heteroatoms. The largest absolute Gasteiger partial charge is 0.364 e. The van der Waals surface area contributed by atoms with Crippen LogP contribution >= 0.6 is 0 Å². The topological polar surface area (TPSA) is 73.4 Å². The first-order chi connectivity index (χ1) is 8.61. The van der Waals surface area contributed by atoms with E-state index in [-0.39, 0.29) is 18.1 Å². The number of ether oxygens (including phenoxy) is 1. The van der Waals surface area contributed by atoms with Crippen molar-refractivity contribution in [3.05, 3.63) is 18.2 Å². The van der Waals surface area contributed by atoms with Crippen molar-refractivity contribution < 1.29 is 9.53 Å². The lowest BCUT2D eigenvalue weighted by Gasteiger charge is -2.21. The average Bonchev–Trinajstić information content (AvgIpc) is 2.98. The fourth-order valence-electron chi connectivity index (χ4n) is 2.15. The Labute approximate surface area is 107 Å². The van der Waals surface area contributed by atoms with E-state index in [0.717, 1.165) is 18.7 Å². The third-order valence-corrected chi connectivity index (χ3v) is 3.32. The highest BCUT2D eigenvalue weighted by atomic mass is 16.5. The molecule has 1 aliphatic heterocycles. The van der Waals surface area contributed by atoms with Crippen LogP contribution in [-0.4, -0.2) is 46.2 Å². The fraction of sp³-hybridized carbons (Fsp3) is 0.667. The quantitative estimate of drug-likeness (QED) is 0.811. The maximum Gasteiger partial charge on any atom is 0.251 e. The molecule has 1 aliphatic rings. The van der Waals surface area contributed by atoms with Crippen LogP contribution in [0.25, 0.3) is 0 Å². The maximum atomic E-state index is 12.2. The van der Waals surface area contributed by atoms with Gasteiger partial charge in [-0.1, -0.05) is 0 Å². The summed E-state index contributed by atoms with van der Waals surface area (Å²) in [5.41, 5.74) is 5.54. The van der Waals surface area contributed by atoms with Gasteiger partial charge < -0.3 is 19.9 Å². The Morgan fingerprint density at radius 2 is 2.44 bits per heavy atom. The highest BCUT2D eigenvalue weighted by Crippen LogP contribution is 2.20. The summed E-state index contributed by atoms with van der Waals surface area (Å²) < 4.78 is 7.50. The second kappa shape index (κ2) is 5.49. The molecular weight excluding hydrogens is 232 g/mol. The molecule has 0 radical (unpaired) electrons. The van der Waals surface area contributed by atoms with E-state index in [9.17, 15) is 4.79 Å². The normalized spacial score (nSPS) is 23.3. The number of nitrogens with two attached hydrogens (primary N) is 1. The van der Waals surface area contributed by atoms with E-state index in [4.69, 9.17) is 10.5 Å². The van der Waals surface area contributed by atoms with Gasteiger partial charge in [0.15, 0.2) is 0 Å². The molecule has 2 rings (SSSR count). The van der Waals surface area contributed by atoms with Crippen LogP contribution in [0.4, 0.5) is 0 Å². The predicted octanol–water partition coefficient (Wildman–Crippen LogP) is -0.115. The summed E-state index contributed by atoms with van der Waals surface area (Å²) in [5, 5.41) is 0. The third kappa shape index (κ3) is 2.70. The van der Waals surface area contributed by atoms with Crippen molar-refractivity contribution >= 4 is 5.91 Å². The van der Waals surface area contributed by atoms with Crippen molar-refractivity contribution in [1.29, 1.82) is 0 Å². The van der Waals surface area contributed by atoms with Gasteiger partial charge in [-0.15, -0.1) is 0 Å². The summed E-state index contributed by atoms with van der Waals surface area (Å²) in [5.74, 6) is 0.869. The summed E-state index contributed by atoms with van der Waals surface area (Å²) in [4.78, 5) is 18.0. The number of carbonyl (C=O) groups excluding carboxylic acids is 1. The molecule has 0 saturated carbocycles. The number of aryl methyl sites for hydroxylation is 1. The lowest BCUT2D eigenvalue weighted by Crippen LogP contribution is -2.37. The highest BCUT2D eigenvalue weighted by Gasteiger charge is 2.31. The minimum Gasteiger partial charge on any atom is -0.364 e. The second-order valence-corrected chi connectivity index (χ2v) is 4.71. The van der Waals surface area contributed by atoms with Gasteiger partial charge in [-0.25, -0.2) is 4.98 Å². The van der Waals surface area contributed by atoms with Crippen molar-refractivity contribution in [2.75, 3.05) is 13.6 Å². The van der Waals surface area contributed by atoms with E-state index in [1.54, 1.807) is 18.1 Å². The van der Waals surface area contributed by atoms with Crippen LogP contribution in [-0.2, 0) is 23.1 Å². The molecule has 1 aromatic heterocycles. The molecule has 0 spiro atoms. The summed E-state index contributed by atoms with van der Waals surface area (Å²) in [6.07, 6.45) is 4.90. The molecule has 1 saturated heterocycles. The molecule has 0 aromatic carbocycles. The zero-order valence-electron chi connectivity index (χ0n) is 10.9. The minimum atomic E-state index is -0.344. The fourth-order valence-corrected chi connectivity index (χ4v) is 2.15. The molecule has 6 nitrogen and oxygen atoms in total. The molecule has 2 atom stereocenters. The Morgan fingerprint density at radius 1 is 1.67 bits per heavy atom. The van der Waals surface area contributed by atoms with Gasteiger partial charge in [-0.05, 0) is 12.8 Å². The second-order valence-electron chi connectivity index (χ2n) is 4.71. The van der Waals surface area contributed by atoms with Crippen LogP contribution in [0.2, 0.25) is 0 Å². The van der Waals surface area contributed by atoms with Gasteiger partial charge in [0.05, 0.1) is 12.6 Å². The zero-order chi connectivity index (χ0) is 13.1. The minimum absolute atomic E-state index is 0.00829. The molecule has 1 fully saturated rings. The third-order valence-electron chi connectivity index (χ3n) is 3.32. The first-order valence-corrected chi connectivity index (χ1v) is 6.18. The number of amides is 1. The van der Waals surface area contributed by atoms with Crippen molar-refractivity contribution in [1.82, 2.24) is 14.5 Å². The Bertz CT molecular complexity index is 418. The summed E-state index contributed by atoms with van der Waals surface area (Å²) in [6.45, 7) is 0.975. The van der Waals surface area contributed by atoms with Gasteiger partial charge in [-0.3, -0.25) is 4.79 Å². The van der Waals surface area contributed by atoms with Gasteiger partial charge >= 0.3 is 0 Å². The van der Waals surface area contributed by atoms with Crippen molar-refractivity contribution in [3.8, 4) is 0 Å². The Morgan fingerprint density at radius 3 is 3.00 bits per heavy atom. The number of hydrogen-bond donors (Lipinski definition) is 1. The van der Waals surface area contributed by atoms with Crippen LogP contribution in [0.15, 0.2) is 12.4 Å². The van der Waals surface area contributed by atoms with Gasteiger partial charge in [-0.2, -0.15) is 0 Å². The molecule has 18 heavy (non-hydrogen) atoms. The molecule has 0 aliphatic carbocycles. The van der Waals surface area contributed by atoms with Crippen molar-refractivity contribution in [2.45, 2.75) is 31.6 Å². The molecule has 2 heterocycles. The summed E-state index contributed by atoms with van der Waals surface area (Å²) >= 11 is 0. The summed E-state index contributed by atoms with van der Waals surface area (Å²) in [7, 11) is 3.69. The van der Waals surface area contributed by atoms with E-state index in [0.29, 0.717) is 13.1 Å². The van der Waals surface area contributed by atoms with Gasteiger partial charge in [0.25, 0.3) is 5.91 Å². The standard InChI is InChI=1S/C12H20N4O2/c1-15-6-5-14-11(15)8-16(2)12(17)10-4-3-9(7-13)18-10/h5-6,9-10H,3-4,7-8,13H2,1-2H3. The van der Waals surface area contributed by atoms with Gasteiger partial charge in [0.2, 0.25) is 0 Å². The van der Waals surface area contributed by atoms with Crippen LogP contribution in [0.1, 0.15) is 18.7 Å². The van der Waals surface area contributed by atoms with Crippen LogP contribution in [0.3, 0.4) is 0 Å². The lowest BCUT2D eigenvalue weighted by atomic mass is 10.2. The van der Waals surface area contributed by atoms with Crippen LogP contribution in [0, 0.1) is 0 Å². The number of imidazole rings is 1. The number of carbonyl (C=O) groups is 1. The molecule has 2 N–H and O–H groups in total. The first kappa shape index (κ1) is 13.0. The van der Waals surface area contributed by atoms with Crippen molar-refractivity contribution in [3.63, 3.8) is 0 Å². The Kier molecular flexibility index (Phi) is 3.98. The highest BCUT2D eigenvalue weighted by molar-refractivity contribution is 5.80. The Balaban J connectivity index is 1.91. The molecule has 2 unspecified atom stereocenters. The number of aromatic nitrogens is 2.